The number of halogens is 5. The van der Waals surface area contributed by atoms with Gasteiger partial charge >= 0.3 is 6.18 Å². The summed E-state index contributed by atoms with van der Waals surface area (Å²) < 4.78 is 38.8. The predicted molar refractivity (Wildman–Crippen MR) is 82.4 cm³/mol. The first kappa shape index (κ1) is 18.2. The maximum atomic E-state index is 12.9. The van der Waals surface area contributed by atoms with E-state index in [0.717, 1.165) is 0 Å². The molecule has 0 aliphatic heterocycles. The number of carbonyl (C=O) groups excluding carboxylic acids is 2. The summed E-state index contributed by atoms with van der Waals surface area (Å²) in [6, 6.07) is 6.52. The highest BCUT2D eigenvalue weighted by Gasteiger charge is 2.36. The van der Waals surface area contributed by atoms with Crippen LogP contribution in [-0.2, 0) is 6.18 Å². The molecule has 0 aliphatic carbocycles. The van der Waals surface area contributed by atoms with Gasteiger partial charge in [-0.3, -0.25) is 9.59 Å². The minimum Gasteiger partial charge on any atom is -0.345 e. The Labute approximate surface area is 144 Å². The number of pyridine rings is 1. The Morgan fingerprint density at radius 2 is 1.88 bits per heavy atom. The zero-order chi connectivity index (χ0) is 17.9. The van der Waals surface area contributed by atoms with Gasteiger partial charge in [0, 0.05) is 16.8 Å². The Balaban J connectivity index is 2.15. The standard InChI is InChI=1S/C15H9Cl2F3N2O2/c16-9-3-1-2-8(4-9)12(23)7-22-14(24)10-6-21-13(17)5-11(10)15(18,19)20/h1-6H,7H2,(H,22,24). The second-order valence-corrected chi connectivity index (χ2v) is 5.49. The molecule has 4 nitrogen and oxygen atoms in total. The lowest BCUT2D eigenvalue weighted by molar-refractivity contribution is -0.138. The van der Waals surface area contributed by atoms with Crippen LogP contribution in [-0.4, -0.2) is 23.2 Å². The quantitative estimate of drug-likeness (QED) is 0.647. The molecule has 0 radical (unpaired) electrons. The highest BCUT2D eigenvalue weighted by atomic mass is 35.5. The normalized spacial score (nSPS) is 11.2. The third-order valence-corrected chi connectivity index (χ3v) is 3.42. The number of hydrogen-bond donors (Lipinski definition) is 1. The number of nitrogens with one attached hydrogen (secondary N) is 1. The lowest BCUT2D eigenvalue weighted by atomic mass is 10.1. The molecule has 0 aliphatic rings. The van der Waals surface area contributed by atoms with Gasteiger partial charge in [0.25, 0.3) is 5.91 Å². The summed E-state index contributed by atoms with van der Waals surface area (Å²) in [5, 5.41) is 2.07. The van der Waals surface area contributed by atoms with Gasteiger partial charge in [-0.15, -0.1) is 0 Å². The van der Waals surface area contributed by atoms with Gasteiger partial charge < -0.3 is 5.32 Å². The second kappa shape index (κ2) is 7.19. The van der Waals surface area contributed by atoms with Crippen LogP contribution in [0.5, 0.6) is 0 Å². The Morgan fingerprint density at radius 1 is 1.17 bits per heavy atom. The van der Waals surface area contributed by atoms with E-state index in [-0.39, 0.29) is 5.56 Å². The van der Waals surface area contributed by atoms with Crippen LogP contribution in [0.2, 0.25) is 10.2 Å². The molecule has 1 aromatic carbocycles. The summed E-state index contributed by atoms with van der Waals surface area (Å²) in [5.41, 5.74) is -1.71. The molecular formula is C15H9Cl2F3N2O2. The number of hydrogen-bond acceptors (Lipinski definition) is 3. The van der Waals surface area contributed by atoms with Crippen molar-refractivity contribution < 1.29 is 22.8 Å². The summed E-state index contributed by atoms with van der Waals surface area (Å²) in [6.45, 7) is -0.487. The van der Waals surface area contributed by atoms with Gasteiger partial charge in [-0.05, 0) is 18.2 Å². The average Bonchev–Trinajstić information content (AvgIpc) is 2.51. The van der Waals surface area contributed by atoms with Crippen LogP contribution in [0.1, 0.15) is 26.3 Å². The van der Waals surface area contributed by atoms with E-state index in [1.54, 1.807) is 12.1 Å². The van der Waals surface area contributed by atoms with Crippen LogP contribution in [0.3, 0.4) is 0 Å². The van der Waals surface area contributed by atoms with Gasteiger partial charge in [0.05, 0.1) is 17.7 Å². The lowest BCUT2D eigenvalue weighted by Gasteiger charge is -2.12. The van der Waals surface area contributed by atoms with Gasteiger partial charge in [-0.2, -0.15) is 13.2 Å². The highest BCUT2D eigenvalue weighted by molar-refractivity contribution is 6.31. The fourth-order valence-corrected chi connectivity index (χ4v) is 2.21. The molecular weight excluding hydrogens is 368 g/mol. The molecule has 0 fully saturated rings. The summed E-state index contributed by atoms with van der Waals surface area (Å²) in [5.74, 6) is -1.58. The SMILES string of the molecule is O=C(CNC(=O)c1cnc(Cl)cc1C(F)(F)F)c1cccc(Cl)c1. The molecule has 24 heavy (non-hydrogen) atoms. The average molecular weight is 377 g/mol. The van der Waals surface area contributed by atoms with E-state index in [1.165, 1.54) is 12.1 Å². The van der Waals surface area contributed by atoms with E-state index in [0.29, 0.717) is 17.3 Å². The van der Waals surface area contributed by atoms with E-state index in [9.17, 15) is 22.8 Å². The smallest absolute Gasteiger partial charge is 0.345 e. The highest BCUT2D eigenvalue weighted by Crippen LogP contribution is 2.32. The van der Waals surface area contributed by atoms with Crippen LogP contribution in [0.4, 0.5) is 13.2 Å². The summed E-state index contributed by atoms with van der Waals surface area (Å²) in [4.78, 5) is 27.4. The van der Waals surface area contributed by atoms with Crippen LogP contribution in [0, 0.1) is 0 Å². The van der Waals surface area contributed by atoms with Crippen molar-refractivity contribution >= 4 is 34.9 Å². The Kier molecular flexibility index (Phi) is 5.46. The second-order valence-electron chi connectivity index (χ2n) is 4.67. The number of nitrogens with zero attached hydrogens (tertiary/aromatic N) is 1. The Hall–Kier alpha value is -2.12. The van der Waals surface area contributed by atoms with Crippen LogP contribution in [0.15, 0.2) is 36.5 Å². The van der Waals surface area contributed by atoms with Gasteiger partial charge in [0.15, 0.2) is 5.78 Å². The van der Waals surface area contributed by atoms with Crippen molar-refractivity contribution in [1.82, 2.24) is 10.3 Å². The Morgan fingerprint density at radius 3 is 2.50 bits per heavy atom. The molecule has 0 unspecified atom stereocenters. The number of ketones is 1. The molecule has 0 saturated carbocycles. The Bertz CT molecular complexity index is 795. The fourth-order valence-electron chi connectivity index (χ4n) is 1.87. The number of alkyl halides is 3. The number of Topliss-reactive ketones (excluding diaryl/α,β-unsaturated/α-hetero) is 1. The first-order chi connectivity index (χ1) is 11.2. The summed E-state index contributed by atoms with van der Waals surface area (Å²) in [7, 11) is 0. The van der Waals surface area contributed by atoms with E-state index in [4.69, 9.17) is 23.2 Å². The number of carbonyl (C=O) groups is 2. The van der Waals surface area contributed by atoms with Crippen molar-refractivity contribution in [3.63, 3.8) is 0 Å². The molecule has 0 atom stereocenters. The minimum absolute atomic E-state index is 0.230. The zero-order valence-corrected chi connectivity index (χ0v) is 13.3. The van der Waals surface area contributed by atoms with E-state index in [2.05, 4.69) is 10.3 Å². The molecule has 0 spiro atoms. The largest absolute Gasteiger partial charge is 0.417 e. The molecule has 1 heterocycles. The van der Waals surface area contributed by atoms with Gasteiger partial charge in [-0.1, -0.05) is 35.3 Å². The molecule has 1 N–H and O–H groups in total. The molecule has 2 rings (SSSR count). The maximum absolute atomic E-state index is 12.9. The molecule has 2 aromatic rings. The van der Waals surface area contributed by atoms with Gasteiger partial charge in [0.2, 0.25) is 0 Å². The number of amides is 1. The summed E-state index contributed by atoms with van der Waals surface area (Å²) in [6.07, 6.45) is -4.07. The number of rotatable bonds is 4. The van der Waals surface area contributed by atoms with Crippen molar-refractivity contribution in [2.24, 2.45) is 0 Å². The van der Waals surface area contributed by atoms with E-state index < -0.39 is 40.7 Å². The molecule has 9 heteroatoms. The monoisotopic (exact) mass is 376 g/mol. The fraction of sp³-hybridized carbons (Fsp3) is 0.133. The summed E-state index contributed by atoms with van der Waals surface area (Å²) >= 11 is 11.2. The predicted octanol–water partition coefficient (Wildman–Crippen LogP) is 4.02. The molecule has 0 saturated heterocycles. The molecule has 1 amide bonds. The van der Waals surface area contributed by atoms with E-state index in [1.807, 2.05) is 0 Å². The van der Waals surface area contributed by atoms with E-state index >= 15 is 0 Å². The molecule has 1 aromatic heterocycles. The first-order valence-electron chi connectivity index (χ1n) is 6.48. The third kappa shape index (κ3) is 4.46. The molecule has 0 bridgehead atoms. The van der Waals surface area contributed by atoms with Crippen molar-refractivity contribution in [3.8, 4) is 0 Å². The maximum Gasteiger partial charge on any atom is 0.417 e. The van der Waals surface area contributed by atoms with Crippen molar-refractivity contribution in [2.75, 3.05) is 6.54 Å². The molecule has 126 valence electrons. The van der Waals surface area contributed by atoms with Crippen LogP contribution >= 0.6 is 23.2 Å². The first-order valence-corrected chi connectivity index (χ1v) is 7.24. The third-order valence-electron chi connectivity index (χ3n) is 2.98. The topological polar surface area (TPSA) is 59.1 Å². The van der Waals surface area contributed by atoms with Gasteiger partial charge in [-0.25, -0.2) is 4.98 Å². The van der Waals surface area contributed by atoms with Gasteiger partial charge in [0.1, 0.15) is 5.15 Å². The van der Waals surface area contributed by atoms with Crippen LogP contribution in [0.25, 0.3) is 0 Å². The van der Waals surface area contributed by atoms with Crippen LogP contribution < -0.4 is 5.32 Å². The number of aromatic nitrogens is 1. The van der Waals surface area contributed by atoms with Crippen molar-refractivity contribution in [2.45, 2.75) is 6.18 Å². The lowest BCUT2D eigenvalue weighted by Crippen LogP contribution is -2.31. The van der Waals surface area contributed by atoms with Crippen molar-refractivity contribution in [1.29, 1.82) is 0 Å². The van der Waals surface area contributed by atoms with Crippen molar-refractivity contribution in [3.05, 3.63) is 63.4 Å². The minimum atomic E-state index is -4.78. The number of benzene rings is 1. The zero-order valence-electron chi connectivity index (χ0n) is 11.8.